The van der Waals surface area contributed by atoms with Crippen molar-refractivity contribution in [1.82, 2.24) is 25.0 Å². The Morgan fingerprint density at radius 2 is 1.97 bits per heavy atom. The summed E-state index contributed by atoms with van der Waals surface area (Å²) in [6.45, 7) is 2.94. The van der Waals surface area contributed by atoms with Crippen LogP contribution in [0.2, 0.25) is 0 Å². The topological polar surface area (TPSA) is 80.1 Å². The number of fused-ring (bicyclic) bond motifs is 1. The van der Waals surface area contributed by atoms with Gasteiger partial charge in [-0.3, -0.25) is 9.59 Å². The van der Waals surface area contributed by atoms with Gasteiger partial charge in [-0.05, 0) is 42.1 Å². The van der Waals surface area contributed by atoms with Gasteiger partial charge in [0.1, 0.15) is 0 Å². The normalized spacial score (nSPS) is 10.9. The maximum atomic E-state index is 13.3. The van der Waals surface area contributed by atoms with E-state index in [1.807, 2.05) is 41.3 Å². The number of hydrogen-bond acceptors (Lipinski definition) is 5. The molecule has 0 saturated heterocycles. The highest BCUT2D eigenvalue weighted by molar-refractivity contribution is 7.09. The molecule has 158 valence electrons. The molecular formula is C23H23N5O2S. The molecule has 31 heavy (non-hydrogen) atoms. The monoisotopic (exact) mass is 433 g/mol. The molecule has 2 amide bonds. The number of rotatable bonds is 6. The van der Waals surface area contributed by atoms with Crippen molar-refractivity contribution in [2.45, 2.75) is 20.0 Å². The number of carbonyl (C=O) groups is 2. The maximum absolute atomic E-state index is 13.3. The number of nitrogens with zero attached hydrogens (tertiary/aromatic N) is 4. The van der Waals surface area contributed by atoms with Crippen molar-refractivity contribution < 1.29 is 9.59 Å². The summed E-state index contributed by atoms with van der Waals surface area (Å²) in [6.07, 6.45) is 1.72. The number of carbonyl (C=O) groups excluding carboxylic acids is 2. The Kier molecular flexibility index (Phi) is 5.81. The van der Waals surface area contributed by atoms with Gasteiger partial charge in [0.05, 0.1) is 23.7 Å². The van der Waals surface area contributed by atoms with Gasteiger partial charge in [0.15, 0.2) is 5.65 Å². The Labute approximate surface area is 184 Å². The number of amides is 2. The van der Waals surface area contributed by atoms with Gasteiger partial charge in [-0.1, -0.05) is 18.2 Å². The molecule has 1 N–H and O–H groups in total. The van der Waals surface area contributed by atoms with Crippen molar-refractivity contribution in [2.75, 3.05) is 14.1 Å². The first-order valence-corrected chi connectivity index (χ1v) is 10.8. The summed E-state index contributed by atoms with van der Waals surface area (Å²) in [4.78, 5) is 32.5. The summed E-state index contributed by atoms with van der Waals surface area (Å²) in [5.74, 6) is -0.230. The summed E-state index contributed by atoms with van der Waals surface area (Å²) in [6, 6.07) is 13.1. The molecule has 0 aliphatic heterocycles. The van der Waals surface area contributed by atoms with E-state index < -0.39 is 0 Å². The zero-order chi connectivity index (χ0) is 22.0. The lowest BCUT2D eigenvalue weighted by atomic mass is 10.1. The van der Waals surface area contributed by atoms with E-state index in [1.165, 1.54) is 4.88 Å². The Balaban J connectivity index is 1.58. The van der Waals surface area contributed by atoms with Crippen LogP contribution in [0.15, 0.2) is 54.0 Å². The first-order valence-electron chi connectivity index (χ1n) is 9.88. The quantitative estimate of drug-likeness (QED) is 0.505. The molecule has 0 aliphatic carbocycles. The number of nitrogens with one attached hydrogen (secondary N) is 1. The SMILES string of the molecule is CNC(=O)c1ccc(CN(C)C(=O)c2cc(C)nc3c2cnn3Cc2cccs2)cc1. The van der Waals surface area contributed by atoms with Crippen molar-refractivity contribution in [1.29, 1.82) is 0 Å². The van der Waals surface area contributed by atoms with Gasteiger partial charge in [-0.2, -0.15) is 5.10 Å². The van der Waals surface area contributed by atoms with Gasteiger partial charge in [0.2, 0.25) is 0 Å². The second kappa shape index (κ2) is 8.69. The molecule has 4 aromatic rings. The molecule has 0 fully saturated rings. The molecule has 7 nitrogen and oxygen atoms in total. The Bertz CT molecular complexity index is 1230. The third-order valence-electron chi connectivity index (χ3n) is 5.06. The number of aromatic nitrogens is 3. The molecule has 3 heterocycles. The van der Waals surface area contributed by atoms with Crippen LogP contribution in [0, 0.1) is 6.92 Å². The molecule has 8 heteroatoms. The number of benzene rings is 1. The molecular weight excluding hydrogens is 410 g/mol. The minimum absolute atomic E-state index is 0.0958. The van der Waals surface area contributed by atoms with Crippen molar-refractivity contribution in [3.8, 4) is 0 Å². The van der Waals surface area contributed by atoms with Gasteiger partial charge in [0, 0.05) is 36.8 Å². The number of hydrogen-bond donors (Lipinski definition) is 1. The van der Waals surface area contributed by atoms with Gasteiger partial charge >= 0.3 is 0 Å². The Hall–Kier alpha value is -3.52. The molecule has 0 bridgehead atoms. The van der Waals surface area contributed by atoms with Crippen LogP contribution < -0.4 is 5.32 Å². The van der Waals surface area contributed by atoms with Gasteiger partial charge in [-0.15, -0.1) is 11.3 Å². The lowest BCUT2D eigenvalue weighted by Gasteiger charge is -2.18. The van der Waals surface area contributed by atoms with Crippen LogP contribution in [0.25, 0.3) is 11.0 Å². The second-order valence-corrected chi connectivity index (χ2v) is 8.40. The molecule has 0 aliphatic rings. The number of aryl methyl sites for hydroxylation is 1. The molecule has 3 aromatic heterocycles. The Morgan fingerprint density at radius 3 is 2.65 bits per heavy atom. The van der Waals surface area contributed by atoms with Gasteiger partial charge < -0.3 is 10.2 Å². The van der Waals surface area contributed by atoms with Gasteiger partial charge in [0.25, 0.3) is 11.8 Å². The van der Waals surface area contributed by atoms with E-state index in [2.05, 4.69) is 21.5 Å². The molecule has 4 rings (SSSR count). The summed E-state index contributed by atoms with van der Waals surface area (Å²) < 4.78 is 1.84. The van der Waals surface area contributed by atoms with E-state index >= 15 is 0 Å². The highest BCUT2D eigenvalue weighted by Crippen LogP contribution is 2.22. The van der Waals surface area contributed by atoms with Crippen molar-refractivity contribution >= 4 is 34.2 Å². The number of thiophene rings is 1. The maximum Gasteiger partial charge on any atom is 0.254 e. The van der Waals surface area contributed by atoms with E-state index in [0.717, 1.165) is 16.6 Å². The summed E-state index contributed by atoms with van der Waals surface area (Å²) in [5.41, 5.74) is 3.60. The van der Waals surface area contributed by atoms with Crippen LogP contribution in [0.3, 0.4) is 0 Å². The average molecular weight is 434 g/mol. The predicted molar refractivity (Wildman–Crippen MR) is 121 cm³/mol. The predicted octanol–water partition coefficient (Wildman–Crippen LogP) is 3.48. The lowest BCUT2D eigenvalue weighted by Crippen LogP contribution is -2.26. The molecule has 0 atom stereocenters. The van der Waals surface area contributed by atoms with Crippen molar-refractivity contribution in [3.05, 3.63) is 81.3 Å². The lowest BCUT2D eigenvalue weighted by molar-refractivity contribution is 0.0786. The van der Waals surface area contributed by atoms with Crippen LogP contribution in [0.5, 0.6) is 0 Å². The van der Waals surface area contributed by atoms with E-state index in [9.17, 15) is 9.59 Å². The fourth-order valence-corrected chi connectivity index (χ4v) is 4.16. The third-order valence-corrected chi connectivity index (χ3v) is 5.92. The highest BCUT2D eigenvalue weighted by atomic mass is 32.1. The van der Waals surface area contributed by atoms with Crippen molar-refractivity contribution in [2.24, 2.45) is 0 Å². The molecule has 1 aromatic carbocycles. The average Bonchev–Trinajstić information content (AvgIpc) is 3.43. The second-order valence-electron chi connectivity index (χ2n) is 7.37. The fraction of sp³-hybridized carbons (Fsp3) is 0.217. The summed E-state index contributed by atoms with van der Waals surface area (Å²) in [7, 11) is 3.37. The van der Waals surface area contributed by atoms with E-state index in [0.29, 0.717) is 29.9 Å². The largest absolute Gasteiger partial charge is 0.355 e. The van der Waals surface area contributed by atoms with Crippen LogP contribution in [-0.4, -0.2) is 45.6 Å². The summed E-state index contributed by atoms with van der Waals surface area (Å²) >= 11 is 1.67. The standard InChI is InChI=1S/C23H23N5O2S/c1-15-11-19(20-12-25-28(21(20)26-15)14-18-5-4-10-31-18)23(30)27(3)13-16-6-8-17(9-7-16)22(29)24-2/h4-12H,13-14H2,1-3H3,(H,24,29). The first kappa shape index (κ1) is 20.7. The highest BCUT2D eigenvalue weighted by Gasteiger charge is 2.19. The van der Waals surface area contributed by atoms with Crippen molar-refractivity contribution in [3.63, 3.8) is 0 Å². The van der Waals surface area contributed by atoms with Crippen LogP contribution in [-0.2, 0) is 13.1 Å². The first-order chi connectivity index (χ1) is 15.0. The van der Waals surface area contributed by atoms with E-state index in [4.69, 9.17) is 0 Å². The third kappa shape index (κ3) is 4.34. The van der Waals surface area contributed by atoms with E-state index in [-0.39, 0.29) is 11.8 Å². The molecule has 0 saturated carbocycles. The zero-order valence-electron chi connectivity index (χ0n) is 17.6. The summed E-state index contributed by atoms with van der Waals surface area (Å²) in [5, 5.41) is 9.86. The van der Waals surface area contributed by atoms with Crippen LogP contribution >= 0.6 is 11.3 Å². The van der Waals surface area contributed by atoms with Crippen LogP contribution in [0.1, 0.15) is 36.9 Å². The Morgan fingerprint density at radius 1 is 1.19 bits per heavy atom. The van der Waals surface area contributed by atoms with E-state index in [1.54, 1.807) is 48.7 Å². The minimum Gasteiger partial charge on any atom is -0.355 e. The number of pyridine rings is 1. The molecule has 0 unspecified atom stereocenters. The minimum atomic E-state index is -0.134. The molecule has 0 spiro atoms. The fourth-order valence-electron chi connectivity index (χ4n) is 3.47. The molecule has 0 radical (unpaired) electrons. The zero-order valence-corrected chi connectivity index (χ0v) is 18.4. The van der Waals surface area contributed by atoms with Crippen LogP contribution in [0.4, 0.5) is 0 Å². The van der Waals surface area contributed by atoms with Gasteiger partial charge in [-0.25, -0.2) is 9.67 Å². The smallest absolute Gasteiger partial charge is 0.254 e.